The van der Waals surface area contributed by atoms with Crippen LogP contribution in [-0.2, 0) is 0 Å². The molecule has 0 atom stereocenters. The molecule has 57 heavy (non-hydrogen) atoms. The van der Waals surface area contributed by atoms with E-state index >= 15 is 0 Å². The number of hydrogen-bond donors (Lipinski definition) is 0. The maximum Gasteiger partial charge on any atom is 0.121 e. The molecule has 2 radical (unpaired) electrons. The summed E-state index contributed by atoms with van der Waals surface area (Å²) in [6.45, 7) is 0. The minimum absolute atomic E-state index is 0.558. The fraction of sp³-hybridized carbons (Fsp3) is 0. The van der Waals surface area contributed by atoms with Crippen LogP contribution < -0.4 is 10.4 Å². The summed E-state index contributed by atoms with van der Waals surface area (Å²) >= 11 is 0. The van der Waals surface area contributed by atoms with E-state index in [9.17, 15) is 0 Å². The van der Waals surface area contributed by atoms with Gasteiger partial charge in [0.05, 0.1) is 0 Å². The molecule has 11 aromatic rings. The highest BCUT2D eigenvalue weighted by molar-refractivity contribution is 6.67. The Bertz CT molecular complexity index is 3210. The Kier molecular flexibility index (Phi) is 8.12. The highest BCUT2D eigenvalue weighted by Gasteiger charge is 2.20. The van der Waals surface area contributed by atoms with Crippen molar-refractivity contribution in [3.05, 3.63) is 218 Å². The first-order valence-electron chi connectivity index (χ1n) is 19.7. The van der Waals surface area contributed by atoms with Crippen molar-refractivity contribution in [1.82, 2.24) is 0 Å². The van der Waals surface area contributed by atoms with Crippen LogP contribution in [0.3, 0.4) is 0 Å². The van der Waals surface area contributed by atoms with Gasteiger partial charge in [-0.3, -0.25) is 0 Å². The SMILES string of the molecule is c1ccc([Si]c2ccc3c(-c4cc(-c5cccc6ccccc56)cc(-c5cccc6ccccc56)c4)c4ccccc4c(-c4ccc5ccccc5c4)c3c2)cc1. The normalized spacial score (nSPS) is 11.6. The van der Waals surface area contributed by atoms with E-state index in [2.05, 4.69) is 218 Å². The zero-order valence-corrected chi connectivity index (χ0v) is 32.3. The molecule has 0 aliphatic rings. The minimum atomic E-state index is 0.558. The summed E-state index contributed by atoms with van der Waals surface area (Å²) in [6.07, 6.45) is 0. The molecule has 0 heterocycles. The van der Waals surface area contributed by atoms with Crippen LogP contribution in [0.2, 0.25) is 0 Å². The lowest BCUT2D eigenvalue weighted by Gasteiger charge is -2.20. The molecule has 0 spiro atoms. The Balaban J connectivity index is 1.24. The quantitative estimate of drug-likeness (QED) is 0.118. The molecule has 264 valence electrons. The minimum Gasteiger partial charge on any atom is -0.0631 e. The first-order chi connectivity index (χ1) is 28.2. The lowest BCUT2D eigenvalue weighted by atomic mass is 9.83. The second-order valence-electron chi connectivity index (χ2n) is 15.0. The van der Waals surface area contributed by atoms with E-state index in [1.54, 1.807) is 0 Å². The zero-order valence-electron chi connectivity index (χ0n) is 31.3. The van der Waals surface area contributed by atoms with E-state index in [1.165, 1.54) is 109 Å². The fourth-order valence-corrected chi connectivity index (χ4v) is 10.0. The lowest BCUT2D eigenvalue weighted by molar-refractivity contribution is 1.61. The summed E-state index contributed by atoms with van der Waals surface area (Å²) in [5, 5.41) is 15.2. The van der Waals surface area contributed by atoms with Crippen LogP contribution in [0, 0.1) is 0 Å². The van der Waals surface area contributed by atoms with E-state index in [1.807, 2.05) is 0 Å². The van der Waals surface area contributed by atoms with Gasteiger partial charge >= 0.3 is 0 Å². The molecule has 0 aliphatic carbocycles. The monoisotopic (exact) mass is 736 g/mol. The van der Waals surface area contributed by atoms with Gasteiger partial charge in [0.15, 0.2) is 0 Å². The average molecular weight is 737 g/mol. The zero-order chi connectivity index (χ0) is 37.7. The number of benzene rings is 11. The van der Waals surface area contributed by atoms with Gasteiger partial charge in [0, 0.05) is 0 Å². The predicted octanol–water partition coefficient (Wildman–Crippen LogP) is 13.8. The van der Waals surface area contributed by atoms with E-state index in [0.717, 1.165) is 0 Å². The molecule has 0 bridgehead atoms. The second kappa shape index (κ2) is 13.9. The smallest absolute Gasteiger partial charge is 0.0631 e. The molecular formula is C56H36Si. The van der Waals surface area contributed by atoms with Crippen molar-refractivity contribution in [2.24, 2.45) is 0 Å². The maximum atomic E-state index is 2.47. The van der Waals surface area contributed by atoms with Crippen molar-refractivity contribution in [3.63, 3.8) is 0 Å². The van der Waals surface area contributed by atoms with Crippen LogP contribution in [-0.4, -0.2) is 9.52 Å². The fourth-order valence-electron chi connectivity index (χ4n) is 8.95. The van der Waals surface area contributed by atoms with Gasteiger partial charge < -0.3 is 0 Å². The summed E-state index contributed by atoms with van der Waals surface area (Å²) in [5.74, 6) is 0. The predicted molar refractivity (Wildman–Crippen MR) is 247 cm³/mol. The van der Waals surface area contributed by atoms with E-state index in [-0.39, 0.29) is 0 Å². The Labute approximate surface area is 335 Å². The summed E-state index contributed by atoms with van der Waals surface area (Å²) in [4.78, 5) is 0. The summed E-state index contributed by atoms with van der Waals surface area (Å²) < 4.78 is 0. The molecule has 0 saturated carbocycles. The molecule has 11 aromatic carbocycles. The molecule has 1 heteroatoms. The summed E-state index contributed by atoms with van der Waals surface area (Å²) in [5.41, 5.74) is 9.91. The standard InChI is InChI=1S/C56H36Si/c1-2-20-45(21-3-1)57-46-30-31-53-54(36-46)55(41-29-28-37-14-4-5-17-40(37)32-41)51-24-10-11-25-52(51)56(53)44-34-42(49-26-12-18-38-15-6-8-22-47(38)49)33-43(35-44)50-27-13-19-39-16-7-9-23-48(39)50/h1-36H. The average Bonchev–Trinajstić information content (AvgIpc) is 3.28. The van der Waals surface area contributed by atoms with Gasteiger partial charge in [-0.05, 0) is 123 Å². The van der Waals surface area contributed by atoms with Crippen molar-refractivity contribution in [2.75, 3.05) is 0 Å². The molecule has 0 amide bonds. The van der Waals surface area contributed by atoms with Gasteiger partial charge in [0.2, 0.25) is 0 Å². The molecule has 0 aliphatic heterocycles. The number of rotatable bonds is 6. The van der Waals surface area contributed by atoms with Crippen LogP contribution in [0.25, 0.3) is 98.4 Å². The van der Waals surface area contributed by atoms with Crippen LogP contribution >= 0.6 is 0 Å². The number of hydrogen-bond acceptors (Lipinski definition) is 0. The maximum absolute atomic E-state index is 2.47. The summed E-state index contributed by atoms with van der Waals surface area (Å²) in [7, 11) is 0.558. The molecule has 0 nitrogen and oxygen atoms in total. The van der Waals surface area contributed by atoms with E-state index < -0.39 is 0 Å². The number of fused-ring (bicyclic) bond motifs is 5. The van der Waals surface area contributed by atoms with Crippen LogP contribution in [0.15, 0.2) is 218 Å². The molecule has 0 aromatic heterocycles. The Morgan fingerprint density at radius 1 is 0.228 bits per heavy atom. The second-order valence-corrected chi connectivity index (χ2v) is 16.4. The molecule has 0 saturated heterocycles. The van der Waals surface area contributed by atoms with Crippen molar-refractivity contribution < 1.29 is 0 Å². The highest BCUT2D eigenvalue weighted by Crippen LogP contribution is 2.46. The lowest BCUT2D eigenvalue weighted by Crippen LogP contribution is -2.26. The first kappa shape index (κ1) is 33.3. The third-order valence-electron chi connectivity index (χ3n) is 11.5. The van der Waals surface area contributed by atoms with Crippen LogP contribution in [0.1, 0.15) is 0 Å². The van der Waals surface area contributed by atoms with Gasteiger partial charge in [-0.2, -0.15) is 0 Å². The largest absolute Gasteiger partial charge is 0.121 e. The van der Waals surface area contributed by atoms with Crippen molar-refractivity contribution >= 4 is 73.8 Å². The van der Waals surface area contributed by atoms with E-state index in [0.29, 0.717) is 9.52 Å². The van der Waals surface area contributed by atoms with Gasteiger partial charge in [-0.25, -0.2) is 0 Å². The van der Waals surface area contributed by atoms with Gasteiger partial charge in [0.1, 0.15) is 9.52 Å². The van der Waals surface area contributed by atoms with Crippen molar-refractivity contribution in [3.8, 4) is 44.5 Å². The summed E-state index contributed by atoms with van der Waals surface area (Å²) in [6, 6.07) is 81.0. The third kappa shape index (κ3) is 5.92. The van der Waals surface area contributed by atoms with Crippen LogP contribution in [0.4, 0.5) is 0 Å². The Morgan fingerprint density at radius 3 is 1.37 bits per heavy atom. The van der Waals surface area contributed by atoms with Crippen LogP contribution in [0.5, 0.6) is 0 Å². The highest BCUT2D eigenvalue weighted by atomic mass is 28.2. The van der Waals surface area contributed by atoms with Crippen molar-refractivity contribution in [2.45, 2.75) is 0 Å². The molecule has 0 N–H and O–H groups in total. The molecule has 0 unspecified atom stereocenters. The van der Waals surface area contributed by atoms with Gasteiger partial charge in [-0.15, -0.1) is 0 Å². The molecule has 0 fully saturated rings. The van der Waals surface area contributed by atoms with E-state index in [4.69, 9.17) is 0 Å². The Morgan fingerprint density at radius 2 is 0.719 bits per heavy atom. The van der Waals surface area contributed by atoms with Gasteiger partial charge in [0.25, 0.3) is 0 Å². The topological polar surface area (TPSA) is 0 Å². The van der Waals surface area contributed by atoms with Gasteiger partial charge in [-0.1, -0.05) is 204 Å². The van der Waals surface area contributed by atoms with Crippen molar-refractivity contribution in [1.29, 1.82) is 0 Å². The Hall–Kier alpha value is -7.06. The third-order valence-corrected chi connectivity index (χ3v) is 12.8. The molecular weight excluding hydrogens is 701 g/mol. The molecule has 11 rings (SSSR count). The first-order valence-corrected chi connectivity index (χ1v) is 20.7.